The van der Waals surface area contributed by atoms with E-state index in [0.29, 0.717) is 15.1 Å². The topological polar surface area (TPSA) is 35.5 Å². The predicted octanol–water partition coefficient (Wildman–Crippen LogP) is 4.22. The van der Waals surface area contributed by atoms with Gasteiger partial charge in [-0.15, -0.1) is 0 Å². The van der Waals surface area contributed by atoms with E-state index in [1.165, 1.54) is 0 Å². The monoisotopic (exact) mass is 346 g/mol. The van der Waals surface area contributed by atoms with Crippen LogP contribution in [0.25, 0.3) is 0 Å². The maximum absolute atomic E-state index is 12.1. The summed E-state index contributed by atoms with van der Waals surface area (Å²) in [4.78, 5) is 12.1. The van der Waals surface area contributed by atoms with E-state index < -0.39 is 0 Å². The van der Waals surface area contributed by atoms with Gasteiger partial charge in [-0.05, 0) is 53.4 Å². The Morgan fingerprint density at radius 1 is 1.37 bits per heavy atom. The van der Waals surface area contributed by atoms with E-state index in [2.05, 4.69) is 15.9 Å². The fourth-order valence-corrected chi connectivity index (χ4v) is 2.87. The SMILES string of the molecule is COC1CCCC(OC(=O)c2cc(Cl)ccc2Br)C1. The van der Waals surface area contributed by atoms with Crippen LogP contribution in [0.1, 0.15) is 36.0 Å². The molecule has 0 spiro atoms. The number of carbonyl (C=O) groups is 1. The summed E-state index contributed by atoms with van der Waals surface area (Å²) >= 11 is 9.24. The van der Waals surface area contributed by atoms with Gasteiger partial charge in [-0.3, -0.25) is 0 Å². The van der Waals surface area contributed by atoms with Gasteiger partial charge in [0, 0.05) is 23.0 Å². The number of rotatable bonds is 3. The molecule has 2 atom stereocenters. The van der Waals surface area contributed by atoms with Crippen LogP contribution in [0.3, 0.4) is 0 Å². The standard InChI is InChI=1S/C14H16BrClO3/c1-18-10-3-2-4-11(8-10)19-14(17)12-7-9(16)5-6-13(12)15/h5-7,10-11H,2-4,8H2,1H3. The van der Waals surface area contributed by atoms with Crippen LogP contribution in [-0.4, -0.2) is 25.3 Å². The Hall–Kier alpha value is -0.580. The molecule has 0 heterocycles. The molecule has 0 aliphatic heterocycles. The van der Waals surface area contributed by atoms with E-state index in [4.69, 9.17) is 21.1 Å². The highest BCUT2D eigenvalue weighted by molar-refractivity contribution is 9.10. The van der Waals surface area contributed by atoms with Gasteiger partial charge >= 0.3 is 5.97 Å². The molecule has 0 aromatic heterocycles. The minimum atomic E-state index is -0.337. The van der Waals surface area contributed by atoms with Crippen LogP contribution >= 0.6 is 27.5 Å². The normalized spacial score (nSPS) is 23.1. The minimum absolute atomic E-state index is 0.0721. The van der Waals surface area contributed by atoms with Gasteiger partial charge in [-0.1, -0.05) is 11.6 Å². The molecular formula is C14H16BrClO3. The molecule has 104 valence electrons. The number of halogens is 2. The minimum Gasteiger partial charge on any atom is -0.459 e. The Kier molecular flexibility index (Phi) is 5.25. The van der Waals surface area contributed by atoms with Crippen molar-refractivity contribution in [1.82, 2.24) is 0 Å². The lowest BCUT2D eigenvalue weighted by Crippen LogP contribution is -2.29. The quantitative estimate of drug-likeness (QED) is 0.768. The van der Waals surface area contributed by atoms with Crippen molar-refractivity contribution in [1.29, 1.82) is 0 Å². The van der Waals surface area contributed by atoms with Gasteiger partial charge in [0.2, 0.25) is 0 Å². The van der Waals surface area contributed by atoms with Crippen molar-refractivity contribution in [3.63, 3.8) is 0 Å². The summed E-state index contributed by atoms with van der Waals surface area (Å²) in [5.74, 6) is -0.337. The van der Waals surface area contributed by atoms with Crippen molar-refractivity contribution in [2.45, 2.75) is 37.9 Å². The molecule has 2 rings (SSSR count). The summed E-state index contributed by atoms with van der Waals surface area (Å²) in [6, 6.07) is 5.09. The average molecular weight is 348 g/mol. The van der Waals surface area contributed by atoms with E-state index in [0.717, 1.165) is 25.7 Å². The molecule has 0 radical (unpaired) electrons. The lowest BCUT2D eigenvalue weighted by Gasteiger charge is -2.28. The summed E-state index contributed by atoms with van der Waals surface area (Å²) in [5.41, 5.74) is 0.465. The fraction of sp³-hybridized carbons (Fsp3) is 0.500. The summed E-state index contributed by atoms with van der Waals surface area (Å²) in [5, 5.41) is 0.522. The molecule has 1 aliphatic rings. The van der Waals surface area contributed by atoms with Gasteiger partial charge in [0.1, 0.15) is 6.10 Å². The first-order valence-electron chi connectivity index (χ1n) is 6.29. The van der Waals surface area contributed by atoms with Crippen molar-refractivity contribution in [2.24, 2.45) is 0 Å². The predicted molar refractivity (Wildman–Crippen MR) is 77.6 cm³/mol. The van der Waals surface area contributed by atoms with Gasteiger partial charge in [-0.25, -0.2) is 4.79 Å². The summed E-state index contributed by atoms with van der Waals surface area (Å²) in [6.45, 7) is 0. The van der Waals surface area contributed by atoms with Gasteiger partial charge in [0.05, 0.1) is 11.7 Å². The van der Waals surface area contributed by atoms with Crippen molar-refractivity contribution < 1.29 is 14.3 Å². The molecule has 1 aromatic rings. The van der Waals surface area contributed by atoms with Gasteiger partial charge in [0.25, 0.3) is 0 Å². The summed E-state index contributed by atoms with van der Waals surface area (Å²) in [7, 11) is 1.70. The molecule has 1 aliphatic carbocycles. The smallest absolute Gasteiger partial charge is 0.339 e. The van der Waals surface area contributed by atoms with Crippen LogP contribution in [0, 0.1) is 0 Å². The van der Waals surface area contributed by atoms with E-state index in [-0.39, 0.29) is 18.2 Å². The van der Waals surface area contributed by atoms with Gasteiger partial charge < -0.3 is 9.47 Å². The third-order valence-electron chi connectivity index (χ3n) is 3.33. The first-order chi connectivity index (χ1) is 9.10. The van der Waals surface area contributed by atoms with Crippen LogP contribution in [0.15, 0.2) is 22.7 Å². The Labute approximate surface area is 126 Å². The van der Waals surface area contributed by atoms with Crippen molar-refractivity contribution in [2.75, 3.05) is 7.11 Å². The van der Waals surface area contributed by atoms with E-state index >= 15 is 0 Å². The van der Waals surface area contributed by atoms with Crippen LogP contribution in [-0.2, 0) is 9.47 Å². The molecule has 19 heavy (non-hydrogen) atoms. The largest absolute Gasteiger partial charge is 0.459 e. The second kappa shape index (κ2) is 6.73. The lowest BCUT2D eigenvalue weighted by atomic mass is 9.95. The van der Waals surface area contributed by atoms with E-state index in [1.54, 1.807) is 25.3 Å². The zero-order valence-electron chi connectivity index (χ0n) is 10.7. The number of methoxy groups -OCH3 is 1. The second-order valence-electron chi connectivity index (χ2n) is 4.68. The molecular weight excluding hydrogens is 332 g/mol. The van der Waals surface area contributed by atoms with Crippen LogP contribution in [0.4, 0.5) is 0 Å². The lowest BCUT2D eigenvalue weighted by molar-refractivity contribution is -0.0149. The third kappa shape index (κ3) is 3.94. The Bertz CT molecular complexity index is 464. The molecule has 0 bridgehead atoms. The highest BCUT2D eigenvalue weighted by atomic mass is 79.9. The van der Waals surface area contributed by atoms with Crippen LogP contribution in [0.5, 0.6) is 0 Å². The Balaban J connectivity index is 2.02. The zero-order valence-corrected chi connectivity index (χ0v) is 13.0. The highest BCUT2D eigenvalue weighted by Gasteiger charge is 2.25. The summed E-state index contributed by atoms with van der Waals surface area (Å²) in [6.07, 6.45) is 3.83. The summed E-state index contributed by atoms with van der Waals surface area (Å²) < 4.78 is 11.6. The first-order valence-corrected chi connectivity index (χ1v) is 7.46. The van der Waals surface area contributed by atoms with Crippen molar-refractivity contribution in [3.05, 3.63) is 33.3 Å². The maximum Gasteiger partial charge on any atom is 0.339 e. The average Bonchev–Trinajstić information content (AvgIpc) is 2.41. The number of hydrogen-bond donors (Lipinski definition) is 0. The maximum atomic E-state index is 12.1. The molecule has 1 saturated carbocycles. The fourth-order valence-electron chi connectivity index (χ4n) is 2.29. The number of benzene rings is 1. The van der Waals surface area contributed by atoms with Gasteiger partial charge in [0.15, 0.2) is 0 Å². The number of ether oxygens (including phenoxy) is 2. The van der Waals surface area contributed by atoms with Crippen molar-refractivity contribution >= 4 is 33.5 Å². The molecule has 3 nitrogen and oxygen atoms in total. The first kappa shape index (κ1) is 14.8. The number of carbonyl (C=O) groups excluding carboxylic acids is 1. The van der Waals surface area contributed by atoms with Gasteiger partial charge in [-0.2, -0.15) is 0 Å². The molecule has 1 fully saturated rings. The molecule has 0 N–H and O–H groups in total. The molecule has 0 amide bonds. The number of esters is 1. The van der Waals surface area contributed by atoms with E-state index in [9.17, 15) is 4.79 Å². The highest BCUT2D eigenvalue weighted by Crippen LogP contribution is 2.26. The van der Waals surface area contributed by atoms with Crippen LogP contribution in [0.2, 0.25) is 5.02 Å². The number of hydrogen-bond acceptors (Lipinski definition) is 3. The molecule has 0 saturated heterocycles. The zero-order chi connectivity index (χ0) is 13.8. The third-order valence-corrected chi connectivity index (χ3v) is 4.26. The molecule has 5 heteroatoms. The Morgan fingerprint density at radius 3 is 2.84 bits per heavy atom. The van der Waals surface area contributed by atoms with E-state index in [1.807, 2.05) is 0 Å². The molecule has 1 aromatic carbocycles. The Morgan fingerprint density at radius 2 is 2.11 bits per heavy atom. The second-order valence-corrected chi connectivity index (χ2v) is 5.97. The van der Waals surface area contributed by atoms with Crippen molar-refractivity contribution in [3.8, 4) is 0 Å². The molecule has 2 unspecified atom stereocenters. The van der Waals surface area contributed by atoms with Crippen LogP contribution < -0.4 is 0 Å².